The first-order valence-corrected chi connectivity index (χ1v) is 8.90. The van der Waals surface area contributed by atoms with Crippen molar-refractivity contribution in [3.8, 4) is 0 Å². The Kier molecular flexibility index (Phi) is 9.31. The molecule has 0 radical (unpaired) electrons. The molecule has 27 heavy (non-hydrogen) atoms. The zero-order valence-electron chi connectivity index (χ0n) is 14.6. The highest BCUT2D eigenvalue weighted by Crippen LogP contribution is 2.04. The summed E-state index contributed by atoms with van der Waals surface area (Å²) in [5.74, 6) is -3.19. The average molecular weight is 396 g/mol. The van der Waals surface area contributed by atoms with Crippen LogP contribution in [0.1, 0.15) is 18.4 Å². The van der Waals surface area contributed by atoms with Crippen molar-refractivity contribution < 1.29 is 24.3 Å². The van der Waals surface area contributed by atoms with Crippen molar-refractivity contribution in [1.29, 1.82) is 0 Å². The lowest BCUT2D eigenvalue weighted by Crippen LogP contribution is -2.55. The van der Waals surface area contributed by atoms with Gasteiger partial charge in [-0.1, -0.05) is 30.3 Å². The van der Waals surface area contributed by atoms with Crippen LogP contribution in [-0.4, -0.2) is 52.7 Å². The maximum Gasteiger partial charge on any atom is 0.326 e. The number of carbonyl (C=O) groups excluding carboxylic acids is 3. The molecule has 1 aromatic carbocycles. The summed E-state index contributed by atoms with van der Waals surface area (Å²) in [5, 5.41) is 14.1. The smallest absolute Gasteiger partial charge is 0.326 e. The number of nitrogens with two attached hydrogens (primary N) is 2. The maximum absolute atomic E-state index is 12.4. The van der Waals surface area contributed by atoms with Crippen LogP contribution in [0.2, 0.25) is 0 Å². The third-order valence-electron chi connectivity index (χ3n) is 3.75. The molecule has 1 rings (SSSR count). The first-order valence-electron chi connectivity index (χ1n) is 8.26. The van der Waals surface area contributed by atoms with E-state index in [2.05, 4.69) is 23.3 Å². The minimum Gasteiger partial charge on any atom is -0.480 e. The number of primary amides is 1. The summed E-state index contributed by atoms with van der Waals surface area (Å²) in [6.45, 7) is 0. The Balaban J connectivity index is 2.67. The molecule has 1 aromatic rings. The second-order valence-corrected chi connectivity index (χ2v) is 6.31. The standard InChI is InChI=1S/C17H24N4O5S/c18-11(6-7-14(19)22)15(23)21-13(9-27)16(24)20-12(17(25)26)8-10-4-2-1-3-5-10/h1-5,11-13,27H,6-9,18H2,(H2,19,22)(H,20,24)(H,21,23)(H,25,26)/t11-,12-,13-/m0/s1. The van der Waals surface area contributed by atoms with Gasteiger partial charge in [-0.3, -0.25) is 14.4 Å². The molecule has 0 aliphatic heterocycles. The number of amides is 3. The fourth-order valence-corrected chi connectivity index (χ4v) is 2.48. The summed E-state index contributed by atoms with van der Waals surface area (Å²) in [5.41, 5.74) is 11.4. The Hall–Kier alpha value is -2.59. The van der Waals surface area contributed by atoms with Gasteiger partial charge in [-0.05, 0) is 12.0 Å². The topological polar surface area (TPSA) is 165 Å². The molecule has 0 heterocycles. The van der Waals surface area contributed by atoms with Crippen molar-refractivity contribution in [2.24, 2.45) is 11.5 Å². The second-order valence-electron chi connectivity index (χ2n) is 5.94. The monoisotopic (exact) mass is 396 g/mol. The summed E-state index contributed by atoms with van der Waals surface area (Å²) < 4.78 is 0. The van der Waals surface area contributed by atoms with Crippen molar-refractivity contribution in [3.63, 3.8) is 0 Å². The fraction of sp³-hybridized carbons (Fsp3) is 0.412. The number of carboxylic acid groups (broad SMARTS) is 1. The lowest BCUT2D eigenvalue weighted by atomic mass is 10.1. The minimum absolute atomic E-state index is 0.0356. The molecular weight excluding hydrogens is 372 g/mol. The summed E-state index contributed by atoms with van der Waals surface area (Å²) in [4.78, 5) is 46.6. The Morgan fingerprint density at radius 1 is 1.04 bits per heavy atom. The molecule has 0 fully saturated rings. The highest BCUT2D eigenvalue weighted by atomic mass is 32.1. The number of carboxylic acids is 1. The van der Waals surface area contributed by atoms with Gasteiger partial charge in [0.05, 0.1) is 6.04 Å². The lowest BCUT2D eigenvalue weighted by Gasteiger charge is -2.21. The second kappa shape index (κ2) is 11.2. The van der Waals surface area contributed by atoms with Crippen molar-refractivity contribution in [3.05, 3.63) is 35.9 Å². The van der Waals surface area contributed by atoms with E-state index >= 15 is 0 Å². The van der Waals surface area contributed by atoms with Gasteiger partial charge < -0.3 is 27.2 Å². The average Bonchev–Trinajstić information content (AvgIpc) is 2.63. The molecule has 10 heteroatoms. The molecular formula is C17H24N4O5S. The maximum atomic E-state index is 12.4. The molecule has 0 aliphatic rings. The lowest BCUT2D eigenvalue weighted by molar-refractivity contribution is -0.142. The van der Waals surface area contributed by atoms with Gasteiger partial charge in [0.2, 0.25) is 17.7 Å². The molecule has 148 valence electrons. The number of carbonyl (C=O) groups is 4. The van der Waals surface area contributed by atoms with Crippen LogP contribution in [0.3, 0.4) is 0 Å². The molecule has 0 saturated carbocycles. The van der Waals surface area contributed by atoms with Crippen molar-refractivity contribution in [1.82, 2.24) is 10.6 Å². The molecule has 0 aromatic heterocycles. The number of nitrogens with one attached hydrogen (secondary N) is 2. The van der Waals surface area contributed by atoms with Crippen LogP contribution in [0, 0.1) is 0 Å². The van der Waals surface area contributed by atoms with Gasteiger partial charge in [-0.2, -0.15) is 12.6 Å². The molecule has 0 spiro atoms. The zero-order chi connectivity index (χ0) is 20.4. The molecule has 0 saturated heterocycles. The Morgan fingerprint density at radius 2 is 1.63 bits per heavy atom. The van der Waals surface area contributed by atoms with Crippen LogP contribution in [-0.2, 0) is 25.6 Å². The number of hydrogen-bond donors (Lipinski definition) is 6. The van der Waals surface area contributed by atoms with Crippen molar-refractivity contribution in [2.45, 2.75) is 37.4 Å². The van der Waals surface area contributed by atoms with Crippen LogP contribution in [0.5, 0.6) is 0 Å². The summed E-state index contributed by atoms with van der Waals surface area (Å²) in [6, 6.07) is 5.56. The molecule has 7 N–H and O–H groups in total. The predicted octanol–water partition coefficient (Wildman–Crippen LogP) is -1.19. The van der Waals surface area contributed by atoms with Gasteiger partial charge in [0.25, 0.3) is 0 Å². The van der Waals surface area contributed by atoms with Crippen LogP contribution in [0.15, 0.2) is 30.3 Å². The number of hydrogen-bond acceptors (Lipinski definition) is 6. The van der Waals surface area contributed by atoms with Crippen LogP contribution < -0.4 is 22.1 Å². The number of benzene rings is 1. The van der Waals surface area contributed by atoms with Crippen LogP contribution >= 0.6 is 12.6 Å². The third-order valence-corrected chi connectivity index (χ3v) is 4.12. The molecule has 3 amide bonds. The summed E-state index contributed by atoms with van der Waals surface area (Å²) in [7, 11) is 0. The number of rotatable bonds is 11. The zero-order valence-corrected chi connectivity index (χ0v) is 15.5. The highest BCUT2D eigenvalue weighted by molar-refractivity contribution is 7.80. The Bertz CT molecular complexity index is 671. The number of aliphatic carboxylic acids is 1. The van der Waals surface area contributed by atoms with E-state index in [-0.39, 0.29) is 25.0 Å². The van der Waals surface area contributed by atoms with E-state index in [0.717, 1.165) is 5.56 Å². The highest BCUT2D eigenvalue weighted by Gasteiger charge is 2.27. The number of thiol groups is 1. The van der Waals surface area contributed by atoms with Crippen LogP contribution in [0.4, 0.5) is 0 Å². The Labute approximate surface area is 162 Å². The predicted molar refractivity (Wildman–Crippen MR) is 102 cm³/mol. The third kappa shape index (κ3) is 8.09. The van der Waals surface area contributed by atoms with Gasteiger partial charge in [-0.15, -0.1) is 0 Å². The van der Waals surface area contributed by atoms with E-state index in [1.165, 1.54) is 0 Å². The van der Waals surface area contributed by atoms with E-state index in [4.69, 9.17) is 11.5 Å². The van der Waals surface area contributed by atoms with E-state index in [1.54, 1.807) is 30.3 Å². The molecule has 9 nitrogen and oxygen atoms in total. The first kappa shape index (κ1) is 22.5. The van der Waals surface area contributed by atoms with Gasteiger partial charge in [0.15, 0.2) is 0 Å². The largest absolute Gasteiger partial charge is 0.480 e. The molecule has 0 aliphatic carbocycles. The van der Waals surface area contributed by atoms with E-state index in [9.17, 15) is 24.3 Å². The van der Waals surface area contributed by atoms with Crippen molar-refractivity contribution in [2.75, 3.05) is 5.75 Å². The Morgan fingerprint density at radius 3 is 2.15 bits per heavy atom. The van der Waals surface area contributed by atoms with E-state index < -0.39 is 41.8 Å². The quantitative estimate of drug-likeness (QED) is 0.257. The SMILES string of the molecule is NC(=O)CC[C@H](N)C(=O)N[C@@H](CS)C(=O)N[C@@H](Cc1ccccc1)C(=O)O. The fourth-order valence-electron chi connectivity index (χ4n) is 2.22. The normalized spacial score (nSPS) is 13.9. The molecule has 0 unspecified atom stereocenters. The molecule has 3 atom stereocenters. The van der Waals surface area contributed by atoms with Crippen molar-refractivity contribution >= 4 is 36.3 Å². The summed E-state index contributed by atoms with van der Waals surface area (Å²) in [6.07, 6.45) is 0.0611. The van der Waals surface area contributed by atoms with E-state index in [0.29, 0.717) is 0 Å². The molecule has 0 bridgehead atoms. The van der Waals surface area contributed by atoms with Crippen LogP contribution in [0.25, 0.3) is 0 Å². The first-order chi connectivity index (χ1) is 12.7. The van der Waals surface area contributed by atoms with Gasteiger partial charge in [-0.25, -0.2) is 4.79 Å². The van der Waals surface area contributed by atoms with E-state index in [1.807, 2.05) is 0 Å². The van der Waals surface area contributed by atoms with Gasteiger partial charge in [0, 0.05) is 18.6 Å². The summed E-state index contributed by atoms with van der Waals surface area (Å²) >= 11 is 4.02. The van der Waals surface area contributed by atoms with Gasteiger partial charge >= 0.3 is 5.97 Å². The minimum atomic E-state index is -1.20. The van der Waals surface area contributed by atoms with Gasteiger partial charge in [0.1, 0.15) is 12.1 Å².